The van der Waals surface area contributed by atoms with Gasteiger partial charge in [-0.1, -0.05) is 36.4 Å². The van der Waals surface area contributed by atoms with Crippen LogP contribution in [-0.4, -0.2) is 11.1 Å². The van der Waals surface area contributed by atoms with Gasteiger partial charge in [0.25, 0.3) is 0 Å². The Balaban J connectivity index is 2.60. The molecule has 0 aliphatic heterocycles. The molecule has 0 atom stereocenters. The third kappa shape index (κ3) is 2.21. The molecule has 0 amide bonds. The minimum Gasteiger partial charge on any atom is -0.478 e. The van der Waals surface area contributed by atoms with Gasteiger partial charge in [-0.3, -0.25) is 0 Å². The number of aromatic carboxylic acids is 1. The van der Waals surface area contributed by atoms with E-state index < -0.39 is 5.97 Å². The zero-order chi connectivity index (χ0) is 12.4. The van der Waals surface area contributed by atoms with E-state index >= 15 is 0 Å². The maximum Gasteiger partial charge on any atom is 0.336 e. The van der Waals surface area contributed by atoms with Gasteiger partial charge in [0.15, 0.2) is 0 Å². The number of carboxylic acid groups (broad SMARTS) is 1. The van der Waals surface area contributed by atoms with Crippen LogP contribution in [0.3, 0.4) is 0 Å². The first-order chi connectivity index (χ1) is 8.09. The molecule has 0 heterocycles. The summed E-state index contributed by atoms with van der Waals surface area (Å²) in [5.41, 5.74) is 4.44. The fourth-order valence-electron chi connectivity index (χ4n) is 1.83. The van der Waals surface area contributed by atoms with E-state index in [2.05, 4.69) is 0 Å². The van der Waals surface area contributed by atoms with Gasteiger partial charge in [0.2, 0.25) is 0 Å². The monoisotopic (exact) mass is 226 g/mol. The van der Waals surface area contributed by atoms with Crippen LogP contribution in [0.25, 0.3) is 11.1 Å². The van der Waals surface area contributed by atoms with Crippen molar-refractivity contribution in [2.45, 2.75) is 13.8 Å². The van der Waals surface area contributed by atoms with E-state index in [1.165, 1.54) is 11.1 Å². The summed E-state index contributed by atoms with van der Waals surface area (Å²) in [7, 11) is 0. The van der Waals surface area contributed by atoms with E-state index in [0.29, 0.717) is 5.56 Å². The Hall–Kier alpha value is -2.09. The molecule has 0 saturated carbocycles. The van der Waals surface area contributed by atoms with Gasteiger partial charge >= 0.3 is 5.97 Å². The van der Waals surface area contributed by atoms with Crippen molar-refractivity contribution in [2.24, 2.45) is 0 Å². The number of aryl methyl sites for hydroxylation is 2. The molecule has 0 spiro atoms. The molecule has 0 fully saturated rings. The zero-order valence-electron chi connectivity index (χ0n) is 9.90. The van der Waals surface area contributed by atoms with Crippen LogP contribution in [0, 0.1) is 13.8 Å². The average molecular weight is 226 g/mol. The maximum atomic E-state index is 11.1. The lowest BCUT2D eigenvalue weighted by atomic mass is 9.97. The van der Waals surface area contributed by atoms with E-state index in [0.717, 1.165) is 11.1 Å². The summed E-state index contributed by atoms with van der Waals surface area (Å²) >= 11 is 0. The van der Waals surface area contributed by atoms with Crippen molar-refractivity contribution in [2.75, 3.05) is 0 Å². The Bertz CT molecular complexity index is 571. The number of benzene rings is 2. The molecule has 0 bridgehead atoms. The molecule has 86 valence electrons. The molecule has 17 heavy (non-hydrogen) atoms. The molecule has 1 N–H and O–H groups in total. The lowest BCUT2D eigenvalue weighted by Gasteiger charge is -2.08. The van der Waals surface area contributed by atoms with Crippen LogP contribution < -0.4 is 0 Å². The summed E-state index contributed by atoms with van der Waals surface area (Å²) in [5.74, 6) is -0.890. The predicted molar refractivity (Wildman–Crippen MR) is 68.3 cm³/mol. The molecule has 0 radical (unpaired) electrons. The third-order valence-electron chi connectivity index (χ3n) is 2.98. The Morgan fingerprint density at radius 1 is 1.00 bits per heavy atom. The molecule has 2 heteroatoms. The van der Waals surface area contributed by atoms with Crippen molar-refractivity contribution in [1.29, 1.82) is 0 Å². The second-order valence-corrected chi connectivity index (χ2v) is 4.15. The molecule has 2 aromatic carbocycles. The van der Waals surface area contributed by atoms with E-state index in [9.17, 15) is 4.79 Å². The minimum absolute atomic E-state index is 0.343. The summed E-state index contributed by atoms with van der Waals surface area (Å²) in [5, 5.41) is 9.15. The topological polar surface area (TPSA) is 37.3 Å². The van der Waals surface area contributed by atoms with Gasteiger partial charge in [0, 0.05) is 0 Å². The average Bonchev–Trinajstić information content (AvgIpc) is 2.32. The summed E-state index contributed by atoms with van der Waals surface area (Å²) in [6.45, 7) is 4.07. The Labute approximate surface area is 101 Å². The normalized spacial score (nSPS) is 10.2. The molecular weight excluding hydrogens is 212 g/mol. The van der Waals surface area contributed by atoms with Crippen molar-refractivity contribution in [3.05, 3.63) is 59.2 Å². The van der Waals surface area contributed by atoms with Crippen LogP contribution in [0.4, 0.5) is 0 Å². The lowest BCUT2D eigenvalue weighted by molar-refractivity contribution is 0.0697. The van der Waals surface area contributed by atoms with Crippen LogP contribution >= 0.6 is 0 Å². The Kier molecular flexibility index (Phi) is 2.96. The molecule has 2 aromatic rings. The van der Waals surface area contributed by atoms with Crippen molar-refractivity contribution in [1.82, 2.24) is 0 Å². The zero-order valence-corrected chi connectivity index (χ0v) is 9.90. The largest absolute Gasteiger partial charge is 0.478 e. The van der Waals surface area contributed by atoms with E-state index in [4.69, 9.17) is 5.11 Å². The predicted octanol–water partition coefficient (Wildman–Crippen LogP) is 3.67. The van der Waals surface area contributed by atoms with Gasteiger partial charge in [-0.05, 0) is 42.2 Å². The number of rotatable bonds is 2. The first kappa shape index (κ1) is 11.4. The molecule has 0 unspecified atom stereocenters. The summed E-state index contributed by atoms with van der Waals surface area (Å²) in [4.78, 5) is 11.1. The number of carboxylic acids is 1. The molecule has 2 nitrogen and oxygen atoms in total. The summed E-state index contributed by atoms with van der Waals surface area (Å²) in [6.07, 6.45) is 0. The molecular formula is C15H14O2. The van der Waals surface area contributed by atoms with Gasteiger partial charge in [0.05, 0.1) is 5.56 Å². The highest BCUT2D eigenvalue weighted by atomic mass is 16.4. The van der Waals surface area contributed by atoms with Crippen molar-refractivity contribution >= 4 is 5.97 Å². The van der Waals surface area contributed by atoms with Crippen molar-refractivity contribution in [3.8, 4) is 11.1 Å². The highest BCUT2D eigenvalue weighted by Gasteiger charge is 2.10. The van der Waals surface area contributed by atoms with Crippen LogP contribution in [0.1, 0.15) is 21.5 Å². The Morgan fingerprint density at radius 3 is 2.35 bits per heavy atom. The fourth-order valence-corrected chi connectivity index (χ4v) is 1.83. The Morgan fingerprint density at radius 2 is 1.71 bits per heavy atom. The first-order valence-electron chi connectivity index (χ1n) is 5.49. The quantitative estimate of drug-likeness (QED) is 0.848. The lowest BCUT2D eigenvalue weighted by Crippen LogP contribution is -1.99. The SMILES string of the molecule is Cc1ccc(-c2ccccc2C(=O)O)cc1C. The smallest absolute Gasteiger partial charge is 0.336 e. The van der Waals surface area contributed by atoms with Gasteiger partial charge < -0.3 is 5.11 Å². The maximum absolute atomic E-state index is 11.1. The summed E-state index contributed by atoms with van der Waals surface area (Å²) in [6, 6.07) is 13.1. The van der Waals surface area contributed by atoms with Crippen LogP contribution in [0.15, 0.2) is 42.5 Å². The molecule has 0 aliphatic carbocycles. The minimum atomic E-state index is -0.890. The number of carbonyl (C=O) groups is 1. The molecule has 0 saturated heterocycles. The highest BCUT2D eigenvalue weighted by molar-refractivity contribution is 5.96. The molecule has 0 aliphatic rings. The molecule has 0 aromatic heterocycles. The first-order valence-corrected chi connectivity index (χ1v) is 5.49. The second kappa shape index (κ2) is 4.42. The van der Waals surface area contributed by atoms with Gasteiger partial charge in [0.1, 0.15) is 0 Å². The second-order valence-electron chi connectivity index (χ2n) is 4.15. The van der Waals surface area contributed by atoms with Gasteiger partial charge in [-0.25, -0.2) is 4.79 Å². The standard InChI is InChI=1S/C15H14O2/c1-10-7-8-12(9-11(10)2)13-5-3-4-6-14(13)15(16)17/h3-9H,1-2H3,(H,16,17). The van der Waals surface area contributed by atoms with E-state index in [1.807, 2.05) is 44.2 Å². The van der Waals surface area contributed by atoms with Crippen molar-refractivity contribution in [3.63, 3.8) is 0 Å². The molecule has 2 rings (SSSR count). The fraction of sp³-hybridized carbons (Fsp3) is 0.133. The van der Waals surface area contributed by atoms with Crippen LogP contribution in [-0.2, 0) is 0 Å². The van der Waals surface area contributed by atoms with Gasteiger partial charge in [-0.2, -0.15) is 0 Å². The number of hydrogen-bond donors (Lipinski definition) is 1. The third-order valence-corrected chi connectivity index (χ3v) is 2.98. The number of hydrogen-bond acceptors (Lipinski definition) is 1. The summed E-state index contributed by atoms with van der Waals surface area (Å²) < 4.78 is 0. The van der Waals surface area contributed by atoms with E-state index in [-0.39, 0.29) is 0 Å². The van der Waals surface area contributed by atoms with Crippen LogP contribution in [0.5, 0.6) is 0 Å². The highest BCUT2D eigenvalue weighted by Crippen LogP contribution is 2.25. The van der Waals surface area contributed by atoms with Gasteiger partial charge in [-0.15, -0.1) is 0 Å². The van der Waals surface area contributed by atoms with Crippen molar-refractivity contribution < 1.29 is 9.90 Å². The van der Waals surface area contributed by atoms with E-state index in [1.54, 1.807) is 12.1 Å². The van der Waals surface area contributed by atoms with Crippen LogP contribution in [0.2, 0.25) is 0 Å².